The molecular formula is C42H72N10O12. The zero-order valence-electron chi connectivity index (χ0n) is 37.9. The van der Waals surface area contributed by atoms with Crippen LogP contribution in [0.1, 0.15) is 143 Å². The lowest BCUT2D eigenvalue weighted by atomic mass is 10.0. The molecule has 0 spiro atoms. The van der Waals surface area contributed by atoms with Gasteiger partial charge in [0.25, 0.3) is 0 Å². The Morgan fingerprint density at radius 1 is 0.562 bits per heavy atom. The predicted octanol–water partition coefficient (Wildman–Crippen LogP) is -0.990. The maximum Gasteiger partial charge on any atom is 0.322 e. The maximum atomic E-state index is 13.7. The molecule has 1 rings (SSSR count). The number of carboxylic acid groups (broad SMARTS) is 1. The van der Waals surface area contributed by atoms with E-state index in [2.05, 4.69) is 44.1 Å². The van der Waals surface area contributed by atoms with Crippen molar-refractivity contribution >= 4 is 65.0 Å². The Hall–Kier alpha value is -5.83. The molecule has 6 atom stereocenters. The number of carbonyl (C=O) groups excluding carboxylic acids is 10. The van der Waals surface area contributed by atoms with Crippen molar-refractivity contribution in [3.8, 4) is 0 Å². The van der Waals surface area contributed by atoms with Crippen molar-refractivity contribution in [2.24, 2.45) is 11.5 Å². The molecule has 64 heavy (non-hydrogen) atoms. The molecule has 10 amide bonds. The molecule has 0 aromatic carbocycles. The van der Waals surface area contributed by atoms with Crippen LogP contribution < -0.4 is 48.7 Å². The van der Waals surface area contributed by atoms with Crippen LogP contribution in [-0.4, -0.2) is 131 Å². The maximum absolute atomic E-state index is 13.7. The molecule has 1 heterocycles. The minimum atomic E-state index is -1.62. The number of amides is 10. The van der Waals surface area contributed by atoms with Crippen molar-refractivity contribution in [3.63, 3.8) is 0 Å². The van der Waals surface area contributed by atoms with Gasteiger partial charge in [-0.2, -0.15) is 0 Å². The van der Waals surface area contributed by atoms with Gasteiger partial charge < -0.3 is 58.7 Å². The van der Waals surface area contributed by atoms with Gasteiger partial charge in [-0.25, -0.2) is 0 Å². The summed E-state index contributed by atoms with van der Waals surface area (Å²) in [4.78, 5) is 139. The van der Waals surface area contributed by atoms with Crippen molar-refractivity contribution in [2.45, 2.75) is 180 Å². The lowest BCUT2D eigenvalue weighted by Gasteiger charge is -2.30. The molecule has 362 valence electrons. The van der Waals surface area contributed by atoms with E-state index in [1.165, 1.54) is 78.6 Å². The summed E-state index contributed by atoms with van der Waals surface area (Å²) >= 11 is 0. The second-order valence-electron chi connectivity index (χ2n) is 16.3. The Morgan fingerprint density at radius 3 is 1.59 bits per heavy atom. The average Bonchev–Trinajstić information content (AvgIpc) is 3.73. The Balaban J connectivity index is 2.69. The lowest BCUT2D eigenvalue weighted by Crippen LogP contribution is -2.59. The molecule has 1 aliphatic heterocycles. The van der Waals surface area contributed by atoms with Crippen LogP contribution in [0.5, 0.6) is 0 Å². The van der Waals surface area contributed by atoms with Crippen LogP contribution in [0.25, 0.3) is 0 Å². The number of aliphatic carboxylic acids is 1. The van der Waals surface area contributed by atoms with Gasteiger partial charge in [-0.15, -0.1) is 0 Å². The van der Waals surface area contributed by atoms with Gasteiger partial charge in [-0.05, 0) is 40.0 Å². The predicted molar refractivity (Wildman–Crippen MR) is 233 cm³/mol. The third kappa shape index (κ3) is 23.6. The molecule has 1 aliphatic rings. The zero-order chi connectivity index (χ0) is 48.2. The van der Waals surface area contributed by atoms with Gasteiger partial charge in [0.1, 0.15) is 42.8 Å². The molecule has 0 aromatic rings. The van der Waals surface area contributed by atoms with Crippen molar-refractivity contribution in [2.75, 3.05) is 19.6 Å². The van der Waals surface area contributed by atoms with E-state index in [1.807, 2.05) is 0 Å². The Morgan fingerprint density at radius 2 is 1.05 bits per heavy atom. The summed E-state index contributed by atoms with van der Waals surface area (Å²) in [5.41, 5.74) is 10.7. The fourth-order valence-electron chi connectivity index (χ4n) is 6.91. The van der Waals surface area contributed by atoms with Gasteiger partial charge in [0.2, 0.25) is 59.1 Å². The van der Waals surface area contributed by atoms with Crippen LogP contribution in [-0.2, 0) is 52.7 Å². The summed E-state index contributed by atoms with van der Waals surface area (Å²) in [5, 5.41) is 25.1. The van der Waals surface area contributed by atoms with Gasteiger partial charge in [-0.1, -0.05) is 84.0 Å². The van der Waals surface area contributed by atoms with Crippen molar-refractivity contribution in [3.05, 3.63) is 0 Å². The van der Waals surface area contributed by atoms with Gasteiger partial charge >= 0.3 is 5.97 Å². The largest absolute Gasteiger partial charge is 0.480 e. The van der Waals surface area contributed by atoms with E-state index in [0.29, 0.717) is 12.8 Å². The SMILES string of the molecule is CCCCCCCCCCCCCCCC(=O)NCC(=O)N[C@@H](C)C(=O)N[C@@H](CC(N)=O)C(=O)N1CCC[C@H]1C(=O)N[C@@H](CC(N)=O)C(=O)N[C@@H](C)C(=O)N[C@@H](C)C(=O)NCC(=O)O. The van der Waals surface area contributed by atoms with Crippen LogP contribution in [0, 0.1) is 0 Å². The second-order valence-corrected chi connectivity index (χ2v) is 16.3. The van der Waals surface area contributed by atoms with Crippen LogP contribution in [0.2, 0.25) is 0 Å². The van der Waals surface area contributed by atoms with E-state index in [0.717, 1.165) is 24.2 Å². The van der Waals surface area contributed by atoms with Gasteiger partial charge in [0.15, 0.2) is 0 Å². The molecule has 0 aliphatic carbocycles. The number of carbonyl (C=O) groups is 11. The Labute approximate surface area is 375 Å². The molecule has 1 fully saturated rings. The molecule has 22 nitrogen and oxygen atoms in total. The number of primary amides is 2. The highest BCUT2D eigenvalue weighted by molar-refractivity contribution is 5.99. The van der Waals surface area contributed by atoms with Gasteiger partial charge in [0, 0.05) is 13.0 Å². The number of rotatable bonds is 33. The number of nitrogens with one attached hydrogen (secondary N) is 7. The summed E-state index contributed by atoms with van der Waals surface area (Å²) in [6.07, 6.45) is 14.5. The van der Waals surface area contributed by atoms with E-state index in [4.69, 9.17) is 16.6 Å². The number of hydrogen-bond acceptors (Lipinski definition) is 11. The van der Waals surface area contributed by atoms with Crippen LogP contribution in [0.4, 0.5) is 0 Å². The summed E-state index contributed by atoms with van der Waals surface area (Å²) in [7, 11) is 0. The molecular weight excluding hydrogens is 837 g/mol. The summed E-state index contributed by atoms with van der Waals surface area (Å²) in [6.45, 7) is 4.98. The van der Waals surface area contributed by atoms with Crippen molar-refractivity contribution < 1.29 is 57.8 Å². The average molecular weight is 909 g/mol. The molecule has 1 saturated heterocycles. The molecule has 12 N–H and O–H groups in total. The third-order valence-electron chi connectivity index (χ3n) is 10.5. The van der Waals surface area contributed by atoms with E-state index in [-0.39, 0.29) is 25.3 Å². The highest BCUT2D eigenvalue weighted by Crippen LogP contribution is 2.20. The number of carboxylic acids is 1. The first-order chi connectivity index (χ1) is 30.3. The number of likely N-dealkylation sites (tertiary alicyclic amines) is 1. The van der Waals surface area contributed by atoms with Gasteiger partial charge in [-0.3, -0.25) is 52.7 Å². The highest BCUT2D eigenvalue weighted by atomic mass is 16.4. The third-order valence-corrected chi connectivity index (χ3v) is 10.5. The topological polar surface area (TPSA) is 347 Å². The van der Waals surface area contributed by atoms with Crippen LogP contribution in [0.3, 0.4) is 0 Å². The van der Waals surface area contributed by atoms with Crippen molar-refractivity contribution in [1.82, 2.24) is 42.1 Å². The quantitative estimate of drug-likeness (QED) is 0.0355. The van der Waals surface area contributed by atoms with Gasteiger partial charge in [0.05, 0.1) is 19.4 Å². The Bertz CT molecular complexity index is 1610. The lowest BCUT2D eigenvalue weighted by molar-refractivity contribution is -0.143. The first-order valence-corrected chi connectivity index (χ1v) is 22.4. The Kier molecular flexibility index (Phi) is 27.3. The molecule has 0 saturated carbocycles. The van der Waals surface area contributed by atoms with Crippen LogP contribution in [0.15, 0.2) is 0 Å². The zero-order valence-corrected chi connectivity index (χ0v) is 37.9. The number of nitrogens with two attached hydrogens (primary N) is 2. The molecule has 22 heteroatoms. The standard InChI is InChI=1S/C42H72N10O12/c1-5-6-7-8-9-10-11-12-13-14-15-16-17-20-34(55)45-24-35(56)47-27(3)39(61)51-30(23-33(44)54)42(64)52-21-18-19-31(52)41(63)50-29(22-32(43)53)40(62)49-28(4)38(60)48-26(2)37(59)46-25-36(57)58/h26-31H,5-25H2,1-4H3,(H2,43,53)(H2,44,54)(H,45,55)(H,46,59)(H,47,56)(H,48,60)(H,49,62)(H,50,63)(H,51,61)(H,57,58)/t26-,27-,28-,29-,30-,31-/m0/s1. The minimum Gasteiger partial charge on any atom is -0.480 e. The van der Waals surface area contributed by atoms with E-state index in [1.54, 1.807) is 0 Å². The van der Waals surface area contributed by atoms with Crippen LogP contribution >= 0.6 is 0 Å². The van der Waals surface area contributed by atoms with Crippen molar-refractivity contribution in [1.29, 1.82) is 0 Å². The molecule has 0 bridgehead atoms. The number of nitrogens with zero attached hydrogens (tertiary/aromatic N) is 1. The van der Waals surface area contributed by atoms with E-state index in [9.17, 15) is 52.7 Å². The fraction of sp³-hybridized carbons (Fsp3) is 0.738. The summed E-state index contributed by atoms with van der Waals surface area (Å²) in [5.74, 6) is -9.56. The number of unbranched alkanes of at least 4 members (excludes halogenated alkanes) is 12. The smallest absolute Gasteiger partial charge is 0.322 e. The molecule has 0 aromatic heterocycles. The number of hydrogen-bond donors (Lipinski definition) is 10. The normalized spacial score (nSPS) is 15.6. The first kappa shape index (κ1) is 56.2. The summed E-state index contributed by atoms with van der Waals surface area (Å²) in [6, 6.07) is -8.15. The summed E-state index contributed by atoms with van der Waals surface area (Å²) < 4.78 is 0. The van der Waals surface area contributed by atoms with E-state index < -0.39 is 121 Å². The molecule has 0 unspecified atom stereocenters. The highest BCUT2D eigenvalue weighted by Gasteiger charge is 2.40. The monoisotopic (exact) mass is 909 g/mol. The minimum absolute atomic E-state index is 0.00450. The van der Waals surface area contributed by atoms with E-state index >= 15 is 0 Å². The second kappa shape index (κ2) is 31.1. The first-order valence-electron chi connectivity index (χ1n) is 22.4. The molecule has 0 radical (unpaired) electrons. The fourth-order valence-corrected chi connectivity index (χ4v) is 6.91.